The monoisotopic (exact) mass is 244 g/mol. The van der Waals surface area contributed by atoms with Gasteiger partial charge in [0.25, 0.3) is 0 Å². The maximum absolute atomic E-state index is 12.8. The van der Waals surface area contributed by atoms with Crippen LogP contribution in [0.2, 0.25) is 0 Å². The van der Waals surface area contributed by atoms with E-state index < -0.39 is 0 Å². The lowest BCUT2D eigenvalue weighted by atomic mass is 10.1. The summed E-state index contributed by atoms with van der Waals surface area (Å²) < 4.78 is 12.8. The van der Waals surface area contributed by atoms with Crippen molar-refractivity contribution in [3.8, 4) is 0 Å². The molecule has 1 unspecified atom stereocenters. The van der Waals surface area contributed by atoms with Crippen molar-refractivity contribution in [3.05, 3.63) is 65.2 Å². The first-order chi connectivity index (χ1) is 8.66. The first kappa shape index (κ1) is 12.7. The van der Waals surface area contributed by atoms with Crippen LogP contribution in [0.25, 0.3) is 0 Å². The van der Waals surface area contributed by atoms with Gasteiger partial charge >= 0.3 is 0 Å². The molecule has 18 heavy (non-hydrogen) atoms. The number of hydrogen-bond donors (Lipinski definition) is 1. The number of aryl methyl sites for hydroxylation is 1. The predicted molar refractivity (Wildman–Crippen MR) is 70.6 cm³/mol. The summed E-state index contributed by atoms with van der Waals surface area (Å²) in [6, 6.07) is 8.81. The van der Waals surface area contributed by atoms with Gasteiger partial charge in [0, 0.05) is 25.0 Å². The highest BCUT2D eigenvalue weighted by molar-refractivity contribution is 5.23. The summed E-state index contributed by atoms with van der Waals surface area (Å²) in [5, 5.41) is 3.43. The fourth-order valence-electron chi connectivity index (χ4n) is 1.83. The van der Waals surface area contributed by atoms with Gasteiger partial charge in [-0.1, -0.05) is 12.1 Å². The third-order valence-corrected chi connectivity index (χ3v) is 3.11. The Kier molecular flexibility index (Phi) is 4.05. The summed E-state index contributed by atoms with van der Waals surface area (Å²) in [6.07, 6.45) is 3.66. The van der Waals surface area contributed by atoms with Crippen molar-refractivity contribution >= 4 is 0 Å². The molecule has 0 fully saturated rings. The van der Waals surface area contributed by atoms with Crippen LogP contribution in [0, 0.1) is 12.7 Å². The van der Waals surface area contributed by atoms with Gasteiger partial charge in [-0.25, -0.2) is 4.39 Å². The molecule has 3 heteroatoms. The maximum Gasteiger partial charge on any atom is 0.123 e. The van der Waals surface area contributed by atoms with E-state index in [4.69, 9.17) is 0 Å². The molecule has 2 nitrogen and oxygen atoms in total. The Morgan fingerprint density at radius 2 is 1.94 bits per heavy atom. The molecule has 94 valence electrons. The Balaban J connectivity index is 1.98. The van der Waals surface area contributed by atoms with E-state index in [1.807, 2.05) is 31.3 Å². The second-order valence-corrected chi connectivity index (χ2v) is 4.46. The number of nitrogens with zero attached hydrogens (tertiary/aromatic N) is 1. The van der Waals surface area contributed by atoms with Crippen LogP contribution in [0.15, 0.2) is 42.7 Å². The van der Waals surface area contributed by atoms with Crippen molar-refractivity contribution in [3.63, 3.8) is 0 Å². The van der Waals surface area contributed by atoms with Gasteiger partial charge in [-0.2, -0.15) is 0 Å². The Hall–Kier alpha value is -1.74. The Labute approximate surface area is 107 Å². The topological polar surface area (TPSA) is 24.9 Å². The number of rotatable bonds is 4. The van der Waals surface area contributed by atoms with Crippen LogP contribution in [0.1, 0.15) is 29.7 Å². The van der Waals surface area contributed by atoms with Crippen molar-refractivity contribution in [2.45, 2.75) is 26.4 Å². The van der Waals surface area contributed by atoms with E-state index in [0.717, 1.165) is 12.1 Å². The fraction of sp³-hybridized carbons (Fsp3) is 0.267. The van der Waals surface area contributed by atoms with E-state index >= 15 is 0 Å². The number of nitrogens with one attached hydrogen (secondary N) is 1. The van der Waals surface area contributed by atoms with E-state index in [-0.39, 0.29) is 11.9 Å². The van der Waals surface area contributed by atoms with E-state index in [9.17, 15) is 4.39 Å². The average molecular weight is 244 g/mol. The van der Waals surface area contributed by atoms with Gasteiger partial charge in [0.15, 0.2) is 0 Å². The van der Waals surface area contributed by atoms with Gasteiger partial charge in [-0.05, 0) is 48.7 Å². The van der Waals surface area contributed by atoms with E-state index in [0.29, 0.717) is 0 Å². The molecule has 0 aliphatic carbocycles. The smallest absolute Gasteiger partial charge is 0.123 e. The summed E-state index contributed by atoms with van der Waals surface area (Å²) >= 11 is 0. The normalized spacial score (nSPS) is 12.4. The molecule has 0 bridgehead atoms. The zero-order valence-corrected chi connectivity index (χ0v) is 10.7. The van der Waals surface area contributed by atoms with Gasteiger partial charge in [-0.3, -0.25) is 4.98 Å². The minimum Gasteiger partial charge on any atom is -0.306 e. The predicted octanol–water partition coefficient (Wildman–Crippen LogP) is 3.38. The first-order valence-electron chi connectivity index (χ1n) is 6.05. The van der Waals surface area contributed by atoms with Gasteiger partial charge in [0.05, 0.1) is 0 Å². The average Bonchev–Trinajstić information content (AvgIpc) is 2.38. The van der Waals surface area contributed by atoms with Crippen LogP contribution in [0.4, 0.5) is 4.39 Å². The van der Waals surface area contributed by atoms with Crippen LogP contribution in [-0.2, 0) is 6.54 Å². The van der Waals surface area contributed by atoms with Crippen LogP contribution < -0.4 is 5.32 Å². The summed E-state index contributed by atoms with van der Waals surface area (Å²) in [5.74, 6) is -0.198. The maximum atomic E-state index is 12.8. The summed E-state index contributed by atoms with van der Waals surface area (Å²) in [4.78, 5) is 4.07. The number of benzene rings is 1. The molecule has 0 amide bonds. The molecular weight excluding hydrogens is 227 g/mol. The van der Waals surface area contributed by atoms with Crippen LogP contribution in [0.5, 0.6) is 0 Å². The number of aromatic nitrogens is 1. The van der Waals surface area contributed by atoms with Crippen LogP contribution in [-0.4, -0.2) is 4.98 Å². The SMILES string of the molecule is Cc1cnccc1CNC(C)c1ccc(F)cc1. The molecule has 0 aliphatic rings. The lowest BCUT2D eigenvalue weighted by Crippen LogP contribution is -2.18. The van der Waals surface area contributed by atoms with E-state index in [1.165, 1.54) is 23.3 Å². The molecule has 2 rings (SSSR count). The highest BCUT2D eigenvalue weighted by atomic mass is 19.1. The zero-order chi connectivity index (χ0) is 13.0. The van der Waals surface area contributed by atoms with Crippen LogP contribution >= 0.6 is 0 Å². The molecule has 0 saturated carbocycles. The first-order valence-corrected chi connectivity index (χ1v) is 6.05. The molecule has 0 radical (unpaired) electrons. The van der Waals surface area contributed by atoms with E-state index in [1.54, 1.807) is 6.20 Å². The largest absolute Gasteiger partial charge is 0.306 e. The zero-order valence-electron chi connectivity index (χ0n) is 10.7. The van der Waals surface area contributed by atoms with Crippen molar-refractivity contribution in [2.75, 3.05) is 0 Å². The highest BCUT2D eigenvalue weighted by Gasteiger charge is 2.05. The lowest BCUT2D eigenvalue weighted by Gasteiger charge is -2.15. The van der Waals surface area contributed by atoms with Gasteiger partial charge in [0.2, 0.25) is 0 Å². The van der Waals surface area contributed by atoms with Gasteiger partial charge in [-0.15, -0.1) is 0 Å². The molecule has 0 spiro atoms. The fourth-order valence-corrected chi connectivity index (χ4v) is 1.83. The molecule has 1 heterocycles. The van der Waals surface area contributed by atoms with Crippen molar-refractivity contribution in [1.29, 1.82) is 0 Å². The Bertz CT molecular complexity index is 508. The summed E-state index contributed by atoms with van der Waals surface area (Å²) in [6.45, 7) is 4.91. The molecular formula is C15H17FN2. The third kappa shape index (κ3) is 3.14. The minimum atomic E-state index is -0.198. The molecule has 1 aromatic heterocycles. The number of hydrogen-bond acceptors (Lipinski definition) is 2. The molecule has 0 aliphatic heterocycles. The number of halogens is 1. The lowest BCUT2D eigenvalue weighted by molar-refractivity contribution is 0.569. The molecule has 1 N–H and O–H groups in total. The van der Waals surface area contributed by atoms with E-state index in [2.05, 4.69) is 17.2 Å². The Morgan fingerprint density at radius 3 is 2.61 bits per heavy atom. The molecule has 1 atom stereocenters. The van der Waals surface area contributed by atoms with Crippen LogP contribution in [0.3, 0.4) is 0 Å². The molecule has 2 aromatic rings. The summed E-state index contributed by atoms with van der Waals surface area (Å²) in [5.41, 5.74) is 3.50. The van der Waals surface area contributed by atoms with Gasteiger partial charge in [0.1, 0.15) is 5.82 Å². The Morgan fingerprint density at radius 1 is 1.22 bits per heavy atom. The minimum absolute atomic E-state index is 0.193. The van der Waals surface area contributed by atoms with Crippen molar-refractivity contribution in [2.24, 2.45) is 0 Å². The number of pyridine rings is 1. The second kappa shape index (κ2) is 5.74. The standard InChI is InChI=1S/C15H17FN2/c1-11-9-17-8-7-14(11)10-18-12(2)13-3-5-15(16)6-4-13/h3-9,12,18H,10H2,1-2H3. The molecule has 0 saturated heterocycles. The second-order valence-electron chi connectivity index (χ2n) is 4.46. The van der Waals surface area contributed by atoms with Crippen molar-refractivity contribution in [1.82, 2.24) is 10.3 Å². The van der Waals surface area contributed by atoms with Gasteiger partial charge < -0.3 is 5.32 Å². The molecule has 1 aromatic carbocycles. The highest BCUT2D eigenvalue weighted by Crippen LogP contribution is 2.14. The van der Waals surface area contributed by atoms with Crippen molar-refractivity contribution < 1.29 is 4.39 Å². The third-order valence-electron chi connectivity index (χ3n) is 3.11. The quantitative estimate of drug-likeness (QED) is 0.891. The summed E-state index contributed by atoms with van der Waals surface area (Å²) in [7, 11) is 0.